The third kappa shape index (κ3) is 4.17. The lowest BCUT2D eigenvalue weighted by Crippen LogP contribution is -3.00. The fourth-order valence-electron chi connectivity index (χ4n) is 6.35. The van der Waals surface area contributed by atoms with Crippen LogP contribution in [-0.4, -0.2) is 0 Å². The first-order valence-electron chi connectivity index (χ1n) is 10.7. The molecule has 1 aromatic carbocycles. The topological polar surface area (TPSA) is 3.88 Å². The predicted molar refractivity (Wildman–Crippen MR) is 112 cm³/mol. The van der Waals surface area contributed by atoms with Gasteiger partial charge in [-0.05, 0) is 85.5 Å². The van der Waals surface area contributed by atoms with E-state index in [1.807, 2.05) is 0 Å². The Labute approximate surface area is 180 Å². The highest BCUT2D eigenvalue weighted by Crippen LogP contribution is 2.60. The minimum atomic E-state index is 0. The monoisotopic (exact) mass is 435 g/mol. The predicted octanol–water partition coefficient (Wildman–Crippen LogP) is 2.92. The van der Waals surface area contributed by atoms with Crippen molar-refractivity contribution in [2.75, 3.05) is 0 Å². The highest BCUT2D eigenvalue weighted by molar-refractivity contribution is 5.66. The molecule has 0 aliphatic heterocycles. The van der Waals surface area contributed by atoms with Crippen molar-refractivity contribution >= 4 is 12.2 Å². The van der Waals surface area contributed by atoms with Crippen LogP contribution in [0.1, 0.15) is 49.8 Å². The first-order valence-corrected chi connectivity index (χ1v) is 10.7. The van der Waals surface area contributed by atoms with E-state index in [9.17, 15) is 0 Å². The average Bonchev–Trinajstić information content (AvgIpc) is 2.67. The minimum absolute atomic E-state index is 0. The number of pyridine rings is 1. The largest absolute Gasteiger partial charge is 1.00 e. The van der Waals surface area contributed by atoms with Crippen molar-refractivity contribution in [1.29, 1.82) is 0 Å². The maximum atomic E-state index is 2.61. The fourth-order valence-corrected chi connectivity index (χ4v) is 6.35. The summed E-state index contributed by atoms with van der Waals surface area (Å²) >= 11 is 0. The van der Waals surface area contributed by atoms with Gasteiger partial charge in [-0.1, -0.05) is 36.4 Å². The van der Waals surface area contributed by atoms with E-state index in [2.05, 4.69) is 83.6 Å². The van der Waals surface area contributed by atoms with Crippen LogP contribution in [0.5, 0.6) is 0 Å². The van der Waals surface area contributed by atoms with Crippen LogP contribution in [0.3, 0.4) is 0 Å². The second-order valence-electron chi connectivity index (χ2n) is 9.20. The number of benzene rings is 1. The van der Waals surface area contributed by atoms with Gasteiger partial charge in [0.05, 0.1) is 0 Å². The molecule has 0 spiro atoms. The zero-order chi connectivity index (χ0) is 18.1. The van der Waals surface area contributed by atoms with Gasteiger partial charge in [0.25, 0.3) is 0 Å². The Hall–Kier alpha value is -1.67. The van der Waals surface area contributed by atoms with Gasteiger partial charge in [0.2, 0.25) is 5.69 Å². The van der Waals surface area contributed by atoms with E-state index in [0.717, 1.165) is 24.3 Å². The van der Waals surface area contributed by atoms with Gasteiger partial charge in [-0.15, -0.1) is 0 Å². The van der Waals surface area contributed by atoms with Crippen LogP contribution in [0.2, 0.25) is 0 Å². The fraction of sp³-hybridized carbons (Fsp3) is 0.423. The zero-order valence-electron chi connectivity index (χ0n) is 16.5. The van der Waals surface area contributed by atoms with Crippen LogP contribution in [-0.2, 0) is 6.54 Å². The van der Waals surface area contributed by atoms with Crippen LogP contribution in [0.25, 0.3) is 12.2 Å². The molecule has 0 unspecified atom stereocenters. The van der Waals surface area contributed by atoms with E-state index < -0.39 is 0 Å². The summed E-state index contributed by atoms with van der Waals surface area (Å²) in [5.41, 5.74) is 3.04. The molecule has 0 atom stereocenters. The Morgan fingerprint density at radius 2 is 1.46 bits per heavy atom. The lowest BCUT2D eigenvalue weighted by molar-refractivity contribution is -0.688. The molecule has 4 fully saturated rings. The van der Waals surface area contributed by atoms with E-state index in [-0.39, 0.29) is 17.0 Å². The summed E-state index contributed by atoms with van der Waals surface area (Å²) in [5.74, 6) is 3.07. The smallest absolute Gasteiger partial charge is 0.205 e. The van der Waals surface area contributed by atoms with Gasteiger partial charge in [-0.2, -0.15) is 4.57 Å². The van der Waals surface area contributed by atoms with Crippen LogP contribution in [0.4, 0.5) is 0 Å². The lowest BCUT2D eigenvalue weighted by atomic mass is 9.49. The Morgan fingerprint density at radius 3 is 2.14 bits per heavy atom. The number of hydrogen-bond donors (Lipinski definition) is 0. The first-order chi connectivity index (χ1) is 13.3. The van der Waals surface area contributed by atoms with E-state index in [1.54, 1.807) is 0 Å². The molecule has 4 aliphatic rings. The van der Waals surface area contributed by atoms with Crippen molar-refractivity contribution in [1.82, 2.24) is 0 Å². The SMILES string of the molecule is C(=C\C12CC3CC(CC(C3)C1)C2)/C[n+]1ccccc1/C=C/c1ccccc1.[Br-]. The molecule has 2 aromatic rings. The zero-order valence-corrected chi connectivity index (χ0v) is 18.1. The Bertz CT molecular complexity index is 816. The molecule has 0 N–H and O–H groups in total. The summed E-state index contributed by atoms with van der Waals surface area (Å²) in [6.45, 7) is 0.969. The molecular formula is C26H30BrN. The lowest BCUT2D eigenvalue weighted by Gasteiger charge is -2.55. The second-order valence-corrected chi connectivity index (χ2v) is 9.20. The number of hydrogen-bond acceptors (Lipinski definition) is 0. The normalized spacial score (nSPS) is 30.8. The third-order valence-electron chi connectivity index (χ3n) is 7.08. The van der Waals surface area contributed by atoms with Gasteiger partial charge in [0, 0.05) is 18.2 Å². The molecule has 1 nitrogen and oxygen atoms in total. The molecule has 4 aliphatic carbocycles. The molecule has 0 radical (unpaired) electrons. The molecule has 4 saturated carbocycles. The van der Waals surface area contributed by atoms with Crippen molar-refractivity contribution in [3.63, 3.8) is 0 Å². The molecule has 1 aromatic heterocycles. The molecule has 4 bridgehead atoms. The summed E-state index contributed by atoms with van der Waals surface area (Å²) in [6.07, 6.45) is 20.6. The number of rotatable bonds is 5. The molecular weight excluding hydrogens is 406 g/mol. The molecule has 146 valence electrons. The average molecular weight is 436 g/mol. The van der Waals surface area contributed by atoms with Gasteiger partial charge < -0.3 is 17.0 Å². The second kappa shape index (κ2) is 8.37. The van der Waals surface area contributed by atoms with Gasteiger partial charge >= 0.3 is 0 Å². The number of nitrogens with zero attached hydrogens (tertiary/aromatic N) is 1. The van der Waals surface area contributed by atoms with Crippen molar-refractivity contribution in [3.05, 3.63) is 78.1 Å². The molecule has 6 rings (SSSR count). The quantitative estimate of drug-likeness (QED) is 0.502. The third-order valence-corrected chi connectivity index (χ3v) is 7.08. The van der Waals surface area contributed by atoms with Crippen molar-refractivity contribution in [2.45, 2.75) is 45.1 Å². The number of aromatic nitrogens is 1. The Kier molecular flexibility index (Phi) is 5.87. The highest BCUT2D eigenvalue weighted by Gasteiger charge is 2.49. The Morgan fingerprint density at radius 1 is 0.821 bits per heavy atom. The number of allylic oxidation sites excluding steroid dienone is 2. The van der Waals surface area contributed by atoms with Crippen LogP contribution < -0.4 is 21.5 Å². The van der Waals surface area contributed by atoms with Crippen LogP contribution in [0.15, 0.2) is 66.9 Å². The molecule has 28 heavy (non-hydrogen) atoms. The van der Waals surface area contributed by atoms with E-state index in [4.69, 9.17) is 0 Å². The first kappa shape index (κ1) is 19.6. The van der Waals surface area contributed by atoms with Crippen molar-refractivity contribution in [3.8, 4) is 0 Å². The summed E-state index contributed by atoms with van der Waals surface area (Å²) in [5, 5.41) is 0. The van der Waals surface area contributed by atoms with Gasteiger partial charge in [0.1, 0.15) is 0 Å². The molecule has 2 heteroatoms. The number of halogens is 1. The van der Waals surface area contributed by atoms with Gasteiger partial charge in [-0.25, -0.2) is 0 Å². The molecule has 1 heterocycles. The minimum Gasteiger partial charge on any atom is -1.00 e. The van der Waals surface area contributed by atoms with Gasteiger partial charge in [-0.3, -0.25) is 0 Å². The van der Waals surface area contributed by atoms with Crippen LogP contribution >= 0.6 is 0 Å². The van der Waals surface area contributed by atoms with Crippen LogP contribution in [0, 0.1) is 23.2 Å². The summed E-state index contributed by atoms with van der Waals surface area (Å²) < 4.78 is 2.36. The van der Waals surface area contributed by atoms with E-state index >= 15 is 0 Å². The summed E-state index contributed by atoms with van der Waals surface area (Å²) in [4.78, 5) is 0. The summed E-state index contributed by atoms with van der Waals surface area (Å²) in [6, 6.07) is 17.0. The van der Waals surface area contributed by atoms with Crippen molar-refractivity contribution < 1.29 is 21.5 Å². The van der Waals surface area contributed by atoms with E-state index in [0.29, 0.717) is 5.41 Å². The summed E-state index contributed by atoms with van der Waals surface area (Å²) in [7, 11) is 0. The standard InChI is InChI=1S/C26H30N.BrH/c1-2-7-21(8-3-1)10-11-25-9-4-5-13-27(25)14-6-12-26-18-22-15-23(19-26)17-24(16-22)20-26;/h1-13,22-24H,14-20H2;1H/q+1;/p-1/b11-10+,12-6+;. The Balaban J connectivity index is 0.00000192. The van der Waals surface area contributed by atoms with Crippen molar-refractivity contribution in [2.24, 2.45) is 23.2 Å². The maximum Gasteiger partial charge on any atom is 0.205 e. The molecule has 0 amide bonds. The van der Waals surface area contributed by atoms with Gasteiger partial charge in [0.15, 0.2) is 12.7 Å². The maximum absolute atomic E-state index is 2.61. The molecule has 0 saturated heterocycles. The van der Waals surface area contributed by atoms with E-state index in [1.165, 1.54) is 49.8 Å². The highest BCUT2D eigenvalue weighted by atomic mass is 79.9.